The van der Waals surface area contributed by atoms with E-state index in [1.54, 1.807) is 12.4 Å². The van der Waals surface area contributed by atoms with Crippen LogP contribution in [0.2, 0.25) is 0 Å². The van der Waals surface area contributed by atoms with Crippen molar-refractivity contribution in [3.05, 3.63) is 53.3 Å². The van der Waals surface area contributed by atoms with E-state index >= 15 is 0 Å². The van der Waals surface area contributed by atoms with Crippen LogP contribution < -0.4 is 0 Å². The third-order valence-electron chi connectivity index (χ3n) is 5.56. The third kappa shape index (κ3) is 4.73. The first-order valence-corrected chi connectivity index (χ1v) is 9.72. The Hall–Kier alpha value is -2.14. The molecule has 1 aliphatic rings. The first kappa shape index (κ1) is 18.6. The van der Waals surface area contributed by atoms with E-state index in [0.717, 1.165) is 39.1 Å². The largest absolute Gasteiger partial charge is 0.339 e. The summed E-state index contributed by atoms with van der Waals surface area (Å²) in [6.45, 7) is 9.24. The highest BCUT2D eigenvalue weighted by atomic mass is 16.2. The zero-order chi connectivity index (χ0) is 18.4. The van der Waals surface area contributed by atoms with Gasteiger partial charge in [-0.15, -0.1) is 0 Å². The number of rotatable bonds is 7. The number of nitrogens with one attached hydrogen (secondary N) is 1. The van der Waals surface area contributed by atoms with Crippen LogP contribution in [-0.2, 0) is 6.42 Å². The van der Waals surface area contributed by atoms with Gasteiger partial charge in [0, 0.05) is 25.8 Å². The molecule has 0 bridgehead atoms. The second kappa shape index (κ2) is 8.99. The summed E-state index contributed by atoms with van der Waals surface area (Å²) in [5.74, 6) is 0.684. The van der Waals surface area contributed by atoms with Gasteiger partial charge in [0.2, 0.25) is 0 Å². The average Bonchev–Trinajstić information content (AvgIpc) is 3.21. The van der Waals surface area contributed by atoms with Crippen molar-refractivity contribution in [2.24, 2.45) is 5.92 Å². The minimum atomic E-state index is 0.0863. The van der Waals surface area contributed by atoms with Crippen molar-refractivity contribution in [2.75, 3.05) is 32.7 Å². The van der Waals surface area contributed by atoms with Crippen LogP contribution in [0.15, 0.2) is 36.7 Å². The molecule has 1 aromatic carbocycles. The molecule has 1 aromatic heterocycles. The molecule has 2 heterocycles. The van der Waals surface area contributed by atoms with Crippen LogP contribution in [0.5, 0.6) is 0 Å². The monoisotopic (exact) mass is 354 g/mol. The van der Waals surface area contributed by atoms with Crippen LogP contribution in [-0.4, -0.2) is 58.6 Å². The summed E-state index contributed by atoms with van der Waals surface area (Å²) in [6, 6.07) is 8.67. The number of carbonyl (C=O) groups excluding carboxylic acids is 1. The summed E-state index contributed by atoms with van der Waals surface area (Å²) in [5.41, 5.74) is 3.50. The molecule has 140 valence electrons. The number of hydrogen-bond acceptors (Lipinski definition) is 3. The number of amides is 1. The van der Waals surface area contributed by atoms with Gasteiger partial charge in [-0.25, -0.2) is 0 Å². The van der Waals surface area contributed by atoms with Gasteiger partial charge in [0.05, 0.1) is 11.8 Å². The topological polar surface area (TPSA) is 52.2 Å². The van der Waals surface area contributed by atoms with Gasteiger partial charge >= 0.3 is 0 Å². The van der Waals surface area contributed by atoms with E-state index < -0.39 is 0 Å². The second-order valence-corrected chi connectivity index (χ2v) is 7.29. The average molecular weight is 354 g/mol. The second-order valence-electron chi connectivity index (χ2n) is 7.29. The maximum atomic E-state index is 12.5. The predicted molar refractivity (Wildman–Crippen MR) is 104 cm³/mol. The summed E-state index contributed by atoms with van der Waals surface area (Å²) in [4.78, 5) is 17.0. The van der Waals surface area contributed by atoms with E-state index in [4.69, 9.17) is 0 Å². The van der Waals surface area contributed by atoms with Crippen molar-refractivity contribution in [3.8, 4) is 0 Å². The Labute approximate surface area is 156 Å². The first-order chi connectivity index (χ1) is 12.7. The van der Waals surface area contributed by atoms with Crippen molar-refractivity contribution in [2.45, 2.75) is 33.1 Å². The van der Waals surface area contributed by atoms with Gasteiger partial charge in [-0.05, 0) is 63.2 Å². The molecule has 0 radical (unpaired) electrons. The highest BCUT2D eigenvalue weighted by molar-refractivity contribution is 5.93. The molecule has 0 atom stereocenters. The van der Waals surface area contributed by atoms with Gasteiger partial charge in [0.15, 0.2) is 0 Å². The predicted octanol–water partition coefficient (Wildman–Crippen LogP) is 3.13. The maximum Gasteiger partial charge on any atom is 0.257 e. The van der Waals surface area contributed by atoms with E-state index in [9.17, 15) is 4.79 Å². The highest BCUT2D eigenvalue weighted by Gasteiger charge is 2.23. The molecule has 0 spiro atoms. The number of hydrogen-bond donors (Lipinski definition) is 1. The number of aromatic nitrogens is 2. The normalized spacial score (nSPS) is 15.9. The number of benzene rings is 1. The van der Waals surface area contributed by atoms with Crippen LogP contribution in [0, 0.1) is 12.8 Å². The summed E-state index contributed by atoms with van der Waals surface area (Å²) in [5, 5.41) is 6.62. The lowest BCUT2D eigenvalue weighted by atomic mass is 9.95. The number of likely N-dealkylation sites (tertiary alicyclic amines) is 1. The van der Waals surface area contributed by atoms with Crippen LogP contribution in [0.3, 0.4) is 0 Å². The number of aryl methyl sites for hydroxylation is 1. The van der Waals surface area contributed by atoms with Crippen molar-refractivity contribution < 1.29 is 4.79 Å². The van der Waals surface area contributed by atoms with E-state index in [-0.39, 0.29) is 5.91 Å². The van der Waals surface area contributed by atoms with Gasteiger partial charge < -0.3 is 9.80 Å². The lowest BCUT2D eigenvalue weighted by molar-refractivity contribution is 0.0701. The van der Waals surface area contributed by atoms with Crippen LogP contribution in [0.1, 0.15) is 41.3 Å². The zero-order valence-corrected chi connectivity index (χ0v) is 15.9. The molecule has 26 heavy (non-hydrogen) atoms. The maximum absolute atomic E-state index is 12.5. The number of nitrogens with zero attached hydrogens (tertiary/aromatic N) is 3. The van der Waals surface area contributed by atoms with E-state index in [1.165, 1.54) is 24.0 Å². The molecule has 5 nitrogen and oxygen atoms in total. The van der Waals surface area contributed by atoms with Gasteiger partial charge in [-0.3, -0.25) is 9.89 Å². The Bertz CT molecular complexity index is 690. The SMILES string of the molecule is CCN(CC1CCN(CCc2ccccc2C)CC1)C(=O)c1cn[nH]c1. The van der Waals surface area contributed by atoms with E-state index in [0.29, 0.717) is 11.5 Å². The minimum Gasteiger partial charge on any atom is -0.339 e. The fourth-order valence-electron chi connectivity index (χ4n) is 3.78. The number of aromatic amines is 1. The van der Waals surface area contributed by atoms with Gasteiger partial charge in [0.1, 0.15) is 0 Å². The van der Waals surface area contributed by atoms with Gasteiger partial charge in [-0.1, -0.05) is 24.3 Å². The molecular formula is C21H30N4O. The van der Waals surface area contributed by atoms with Crippen molar-refractivity contribution in [1.82, 2.24) is 20.0 Å². The van der Waals surface area contributed by atoms with E-state index in [2.05, 4.69) is 53.2 Å². The molecular weight excluding hydrogens is 324 g/mol. The lowest BCUT2D eigenvalue weighted by Crippen LogP contribution is -2.41. The minimum absolute atomic E-state index is 0.0863. The molecule has 0 unspecified atom stereocenters. The van der Waals surface area contributed by atoms with Crippen molar-refractivity contribution in [1.29, 1.82) is 0 Å². The molecule has 1 aliphatic heterocycles. The van der Waals surface area contributed by atoms with Crippen LogP contribution >= 0.6 is 0 Å². The summed E-state index contributed by atoms with van der Waals surface area (Å²) < 4.78 is 0. The Morgan fingerprint density at radius 2 is 2.08 bits per heavy atom. The van der Waals surface area contributed by atoms with E-state index in [1.807, 2.05) is 4.90 Å². The highest BCUT2D eigenvalue weighted by Crippen LogP contribution is 2.20. The lowest BCUT2D eigenvalue weighted by Gasteiger charge is -2.34. The molecule has 5 heteroatoms. The van der Waals surface area contributed by atoms with Crippen LogP contribution in [0.25, 0.3) is 0 Å². The van der Waals surface area contributed by atoms with Crippen molar-refractivity contribution in [3.63, 3.8) is 0 Å². The fraction of sp³-hybridized carbons (Fsp3) is 0.524. The molecule has 2 aromatic rings. The molecule has 3 rings (SSSR count). The van der Waals surface area contributed by atoms with Gasteiger partial charge in [-0.2, -0.15) is 5.10 Å². The summed E-state index contributed by atoms with van der Waals surface area (Å²) >= 11 is 0. The third-order valence-corrected chi connectivity index (χ3v) is 5.56. The molecule has 1 amide bonds. The number of H-pyrrole nitrogens is 1. The Morgan fingerprint density at radius 3 is 2.73 bits per heavy atom. The Kier molecular flexibility index (Phi) is 6.45. The van der Waals surface area contributed by atoms with Gasteiger partial charge in [0.25, 0.3) is 5.91 Å². The molecule has 0 saturated carbocycles. The quantitative estimate of drug-likeness (QED) is 0.831. The Morgan fingerprint density at radius 1 is 1.31 bits per heavy atom. The van der Waals surface area contributed by atoms with Crippen molar-refractivity contribution >= 4 is 5.91 Å². The standard InChI is InChI=1S/C21H30N4O/c1-3-25(21(26)20-14-22-23-15-20)16-18-8-11-24(12-9-18)13-10-19-7-5-4-6-17(19)2/h4-7,14-15,18H,3,8-13,16H2,1-2H3,(H,22,23). The molecule has 1 fully saturated rings. The summed E-state index contributed by atoms with van der Waals surface area (Å²) in [7, 11) is 0. The smallest absolute Gasteiger partial charge is 0.257 e. The first-order valence-electron chi connectivity index (χ1n) is 9.72. The number of carbonyl (C=O) groups is 1. The zero-order valence-electron chi connectivity index (χ0n) is 15.9. The molecule has 1 N–H and O–H groups in total. The molecule has 0 aliphatic carbocycles. The molecule has 1 saturated heterocycles. The Balaban J connectivity index is 1.44. The van der Waals surface area contributed by atoms with Crippen LogP contribution in [0.4, 0.5) is 0 Å². The summed E-state index contributed by atoms with van der Waals surface area (Å²) in [6.07, 6.45) is 6.75. The fourth-order valence-corrected chi connectivity index (χ4v) is 3.78. The number of piperidine rings is 1.